The first-order valence-electron chi connectivity index (χ1n) is 9.50. The second-order valence-electron chi connectivity index (χ2n) is 7.70. The van der Waals surface area contributed by atoms with Gasteiger partial charge in [0.15, 0.2) is 11.6 Å². The Hall–Kier alpha value is -1.86. The number of hydrogen-bond acceptors (Lipinski definition) is 3. The summed E-state index contributed by atoms with van der Waals surface area (Å²) in [7, 11) is 0. The minimum Gasteiger partial charge on any atom is -0.328 e. The van der Waals surface area contributed by atoms with Crippen molar-refractivity contribution in [2.24, 2.45) is 5.73 Å². The summed E-state index contributed by atoms with van der Waals surface area (Å²) >= 11 is 0. The van der Waals surface area contributed by atoms with Gasteiger partial charge < -0.3 is 5.73 Å². The molecule has 2 aromatic rings. The van der Waals surface area contributed by atoms with E-state index >= 15 is 0 Å². The molecule has 148 valence electrons. The van der Waals surface area contributed by atoms with Crippen molar-refractivity contribution in [3.05, 3.63) is 53.1 Å². The van der Waals surface area contributed by atoms with Crippen molar-refractivity contribution >= 4 is 0 Å². The Bertz CT molecular complexity index is 775. The van der Waals surface area contributed by atoms with E-state index in [0.29, 0.717) is 24.2 Å². The average Bonchev–Trinajstić information content (AvgIpc) is 3.19. The van der Waals surface area contributed by atoms with Crippen molar-refractivity contribution in [3.8, 4) is 0 Å². The average molecular weight is 380 g/mol. The van der Waals surface area contributed by atoms with Crippen molar-refractivity contribution in [3.63, 3.8) is 0 Å². The fourth-order valence-electron chi connectivity index (χ4n) is 3.90. The lowest BCUT2D eigenvalue weighted by Crippen LogP contribution is -2.40. The van der Waals surface area contributed by atoms with Crippen LogP contribution in [0.5, 0.6) is 0 Å². The number of nitrogens with two attached hydrogens (primary N) is 1. The summed E-state index contributed by atoms with van der Waals surface area (Å²) in [6.45, 7) is 6.53. The summed E-state index contributed by atoms with van der Waals surface area (Å²) < 4.78 is 38.0. The number of hydrogen-bond donors (Lipinski definition) is 1. The van der Waals surface area contributed by atoms with E-state index in [-0.39, 0.29) is 0 Å². The number of rotatable bonds is 2. The van der Waals surface area contributed by atoms with Crippen LogP contribution < -0.4 is 5.73 Å². The van der Waals surface area contributed by atoms with Crippen LogP contribution in [0.15, 0.2) is 24.4 Å². The molecule has 1 saturated carbocycles. The lowest BCUT2D eigenvalue weighted by molar-refractivity contribution is 0.144. The highest BCUT2D eigenvalue weighted by Gasteiger charge is 2.31. The number of fused-ring (bicyclic) bond motifs is 1. The molecule has 1 aliphatic carbocycles. The van der Waals surface area contributed by atoms with E-state index < -0.39 is 17.5 Å². The molecule has 27 heavy (non-hydrogen) atoms. The van der Waals surface area contributed by atoms with Crippen molar-refractivity contribution < 1.29 is 13.2 Å². The molecule has 2 N–H and O–H groups in total. The molecule has 4 nitrogen and oxygen atoms in total. The predicted molar refractivity (Wildman–Crippen MR) is 98.4 cm³/mol. The lowest BCUT2D eigenvalue weighted by atomic mass is 9.91. The Kier molecular flexibility index (Phi) is 6.22. The quantitative estimate of drug-likeness (QED) is 0.796. The molecule has 0 bridgehead atoms. The smallest absolute Gasteiger partial charge is 0.161 e. The van der Waals surface area contributed by atoms with Gasteiger partial charge in [-0.25, -0.2) is 13.2 Å². The zero-order valence-corrected chi connectivity index (χ0v) is 15.8. The van der Waals surface area contributed by atoms with Crippen LogP contribution in [0.2, 0.25) is 0 Å². The van der Waals surface area contributed by atoms with Crippen molar-refractivity contribution in [1.29, 1.82) is 0 Å². The Morgan fingerprint density at radius 1 is 1.11 bits per heavy atom. The second kappa shape index (κ2) is 8.44. The van der Waals surface area contributed by atoms with Crippen LogP contribution in [0.4, 0.5) is 13.2 Å². The van der Waals surface area contributed by atoms with Gasteiger partial charge in [0.2, 0.25) is 0 Å². The van der Waals surface area contributed by atoms with E-state index in [1.54, 1.807) is 0 Å². The third-order valence-electron chi connectivity index (χ3n) is 5.29. The Labute approximate surface area is 158 Å². The molecule has 2 heterocycles. The van der Waals surface area contributed by atoms with Gasteiger partial charge >= 0.3 is 0 Å². The van der Waals surface area contributed by atoms with Crippen LogP contribution in [-0.2, 0) is 13.1 Å². The molecule has 1 aromatic carbocycles. The topological polar surface area (TPSA) is 47.1 Å². The third kappa shape index (κ3) is 4.71. The first-order valence-corrected chi connectivity index (χ1v) is 9.50. The molecule has 0 radical (unpaired) electrons. The predicted octanol–water partition coefficient (Wildman–Crippen LogP) is 4.15. The SMILES string of the molecule is CC(C)n1ncc2c1CN([C@H]1CCC[C@@H](N)C1)C2.Fc1ccc(F)c(F)c1. The number of benzene rings is 1. The number of halogens is 3. The van der Waals surface area contributed by atoms with Gasteiger partial charge in [0, 0.05) is 42.8 Å². The van der Waals surface area contributed by atoms with Crippen LogP contribution in [0.1, 0.15) is 56.8 Å². The molecule has 1 aliphatic heterocycles. The summed E-state index contributed by atoms with van der Waals surface area (Å²) in [6, 6.07) is 3.65. The molecule has 7 heteroatoms. The molecule has 0 unspecified atom stereocenters. The standard InChI is InChI=1S/C14H24N4.C6H3F3/c1-10(2)18-14-9-17(8-11(14)7-16-18)13-5-3-4-12(15)6-13;7-4-1-2-5(8)6(9)3-4/h7,10,12-13H,3-6,8-9,15H2,1-2H3;1-3H/t12-,13+;/m1./s1. The van der Waals surface area contributed by atoms with Gasteiger partial charge in [-0.3, -0.25) is 9.58 Å². The molecule has 2 atom stereocenters. The maximum Gasteiger partial charge on any atom is 0.161 e. The molecule has 0 spiro atoms. The van der Waals surface area contributed by atoms with Crippen molar-refractivity contribution in [1.82, 2.24) is 14.7 Å². The van der Waals surface area contributed by atoms with Gasteiger partial charge in [0.05, 0.1) is 11.9 Å². The highest BCUT2D eigenvalue weighted by atomic mass is 19.2. The third-order valence-corrected chi connectivity index (χ3v) is 5.29. The number of nitrogens with zero attached hydrogens (tertiary/aromatic N) is 3. The van der Waals surface area contributed by atoms with Crippen LogP contribution in [-0.4, -0.2) is 26.8 Å². The Morgan fingerprint density at radius 2 is 1.89 bits per heavy atom. The van der Waals surface area contributed by atoms with Crippen LogP contribution in [0.3, 0.4) is 0 Å². The fraction of sp³-hybridized carbons (Fsp3) is 0.550. The Morgan fingerprint density at radius 3 is 2.52 bits per heavy atom. The van der Waals surface area contributed by atoms with E-state index in [2.05, 4.69) is 34.7 Å². The fourth-order valence-corrected chi connectivity index (χ4v) is 3.90. The normalized spacial score (nSPS) is 22.5. The summed E-state index contributed by atoms with van der Waals surface area (Å²) in [5, 5.41) is 4.50. The first kappa shape index (κ1) is 19.9. The summed E-state index contributed by atoms with van der Waals surface area (Å²) in [4.78, 5) is 2.60. The van der Waals surface area contributed by atoms with Gasteiger partial charge in [0.1, 0.15) is 5.82 Å². The monoisotopic (exact) mass is 380 g/mol. The van der Waals surface area contributed by atoms with Crippen LogP contribution in [0, 0.1) is 17.5 Å². The molecule has 4 rings (SSSR count). The molecule has 1 aromatic heterocycles. The van der Waals surface area contributed by atoms with E-state index in [9.17, 15) is 13.2 Å². The first-order chi connectivity index (χ1) is 12.8. The van der Waals surface area contributed by atoms with Gasteiger partial charge in [-0.05, 0) is 45.2 Å². The summed E-state index contributed by atoms with van der Waals surface area (Å²) in [5.74, 6) is -2.96. The zero-order valence-electron chi connectivity index (χ0n) is 15.8. The van der Waals surface area contributed by atoms with E-state index in [4.69, 9.17) is 5.73 Å². The van der Waals surface area contributed by atoms with Gasteiger partial charge in [-0.15, -0.1) is 0 Å². The van der Waals surface area contributed by atoms with Gasteiger partial charge in [0.25, 0.3) is 0 Å². The second-order valence-corrected chi connectivity index (χ2v) is 7.70. The van der Waals surface area contributed by atoms with Gasteiger partial charge in [-0.1, -0.05) is 6.42 Å². The molecule has 2 aliphatic rings. The minimum absolute atomic E-state index is 0.411. The molecule has 0 saturated heterocycles. The highest BCUT2D eigenvalue weighted by molar-refractivity contribution is 5.23. The molecular formula is C20H27F3N4. The van der Waals surface area contributed by atoms with E-state index in [1.807, 2.05) is 0 Å². The minimum atomic E-state index is -1.16. The van der Waals surface area contributed by atoms with E-state index in [0.717, 1.165) is 25.2 Å². The summed E-state index contributed by atoms with van der Waals surface area (Å²) in [5.41, 5.74) is 8.95. The van der Waals surface area contributed by atoms with Gasteiger partial charge in [-0.2, -0.15) is 5.10 Å². The zero-order chi connectivity index (χ0) is 19.6. The van der Waals surface area contributed by atoms with Crippen molar-refractivity contribution in [2.45, 2.75) is 70.7 Å². The largest absolute Gasteiger partial charge is 0.328 e. The van der Waals surface area contributed by atoms with E-state index in [1.165, 1.54) is 36.9 Å². The summed E-state index contributed by atoms with van der Waals surface area (Å²) in [6.07, 6.45) is 7.02. The van der Waals surface area contributed by atoms with Crippen LogP contribution in [0.25, 0.3) is 0 Å². The van der Waals surface area contributed by atoms with Crippen molar-refractivity contribution in [2.75, 3.05) is 0 Å². The van der Waals surface area contributed by atoms with Crippen LogP contribution >= 0.6 is 0 Å². The Balaban J connectivity index is 0.000000197. The molecular weight excluding hydrogens is 353 g/mol. The maximum atomic E-state index is 12.0. The molecule has 0 amide bonds. The highest BCUT2D eigenvalue weighted by Crippen LogP contribution is 2.31. The molecule has 1 fully saturated rings. The number of aromatic nitrogens is 2. The lowest BCUT2D eigenvalue weighted by Gasteiger charge is -2.33. The maximum absolute atomic E-state index is 12.0.